The average Bonchev–Trinajstić information content (AvgIpc) is 2.73. The second-order valence-corrected chi connectivity index (χ2v) is 4.77. The van der Waals surface area contributed by atoms with Crippen LogP contribution >= 0.6 is 11.3 Å². The Labute approximate surface area is 108 Å². The molecule has 0 aliphatic heterocycles. The highest BCUT2D eigenvalue weighted by Crippen LogP contribution is 2.29. The van der Waals surface area contributed by atoms with E-state index in [9.17, 15) is 0 Å². The molecule has 6 heteroatoms. The number of rotatable bonds is 2. The maximum atomic E-state index is 8.56. The van der Waals surface area contributed by atoms with Gasteiger partial charge in [0.1, 0.15) is 12.1 Å². The van der Waals surface area contributed by atoms with Crippen LogP contribution in [0, 0.1) is 36.5 Å². The number of nitriles is 2. The zero-order valence-corrected chi connectivity index (χ0v) is 10.7. The lowest BCUT2D eigenvalue weighted by atomic mass is 10.1. The Morgan fingerprint density at radius 3 is 2.72 bits per heavy atom. The van der Waals surface area contributed by atoms with Gasteiger partial charge in [-0.3, -0.25) is 5.43 Å². The maximum absolute atomic E-state index is 8.56. The van der Waals surface area contributed by atoms with Crippen molar-refractivity contribution in [3.05, 3.63) is 23.3 Å². The van der Waals surface area contributed by atoms with Crippen LogP contribution in [0.5, 0.6) is 0 Å². The molecule has 1 N–H and O–H groups in total. The van der Waals surface area contributed by atoms with Crippen molar-refractivity contribution in [2.24, 2.45) is 5.10 Å². The molecule has 0 saturated heterocycles. The van der Waals surface area contributed by atoms with Gasteiger partial charge in [0.15, 0.2) is 0 Å². The Morgan fingerprint density at radius 1 is 1.33 bits per heavy atom. The van der Waals surface area contributed by atoms with E-state index >= 15 is 0 Å². The van der Waals surface area contributed by atoms with E-state index in [1.807, 2.05) is 19.9 Å². The van der Waals surface area contributed by atoms with Crippen LogP contribution in [-0.2, 0) is 0 Å². The van der Waals surface area contributed by atoms with Crippen LogP contribution in [0.3, 0.4) is 0 Å². The topological polar surface area (TPSA) is 84.9 Å². The number of anilines is 1. The third-order valence-electron chi connectivity index (χ3n) is 2.30. The number of hydrazone groups is 1. The van der Waals surface area contributed by atoms with E-state index in [4.69, 9.17) is 10.5 Å². The van der Waals surface area contributed by atoms with Gasteiger partial charge in [-0.1, -0.05) is 17.4 Å². The minimum atomic E-state index is -0.220. The Kier molecular flexibility index (Phi) is 3.22. The number of fused-ring (bicyclic) bond motifs is 1. The molecule has 88 valence electrons. The largest absolute Gasteiger partial charge is 0.251 e. The van der Waals surface area contributed by atoms with E-state index in [1.165, 1.54) is 16.9 Å². The molecular weight excluding hydrogens is 246 g/mol. The molecule has 2 aromatic rings. The summed E-state index contributed by atoms with van der Waals surface area (Å²) in [5.74, 6) is 0. The third-order valence-corrected chi connectivity index (χ3v) is 3.21. The zero-order valence-electron chi connectivity index (χ0n) is 9.85. The Morgan fingerprint density at radius 2 is 2.06 bits per heavy atom. The normalized spacial score (nSPS) is 9.56. The summed E-state index contributed by atoms with van der Waals surface area (Å²) in [5.41, 5.74) is 5.60. The number of hydrogen-bond donors (Lipinski definition) is 1. The molecule has 1 aromatic carbocycles. The van der Waals surface area contributed by atoms with Crippen LogP contribution in [-0.4, -0.2) is 10.7 Å². The lowest BCUT2D eigenvalue weighted by molar-refractivity contribution is 1.29. The van der Waals surface area contributed by atoms with Crippen molar-refractivity contribution in [1.29, 1.82) is 10.5 Å². The molecule has 0 radical (unpaired) electrons. The van der Waals surface area contributed by atoms with Crippen molar-refractivity contribution in [1.82, 2.24) is 4.98 Å². The van der Waals surface area contributed by atoms with Crippen molar-refractivity contribution in [2.45, 2.75) is 13.8 Å². The fraction of sp³-hybridized carbons (Fsp3) is 0.167. The monoisotopic (exact) mass is 255 g/mol. The highest BCUT2D eigenvalue weighted by Gasteiger charge is 2.06. The van der Waals surface area contributed by atoms with Crippen LogP contribution in [0.2, 0.25) is 0 Å². The zero-order chi connectivity index (χ0) is 13.1. The van der Waals surface area contributed by atoms with Gasteiger partial charge in [0, 0.05) is 0 Å². The first kappa shape index (κ1) is 12.0. The SMILES string of the molecule is Cc1cc(C)c2nc(NN=C(C#N)C#N)sc2c1. The molecule has 2 rings (SSSR count). The van der Waals surface area contributed by atoms with Gasteiger partial charge >= 0.3 is 0 Å². The summed E-state index contributed by atoms with van der Waals surface area (Å²) >= 11 is 1.44. The van der Waals surface area contributed by atoms with Crippen LogP contribution in [0.25, 0.3) is 10.2 Å². The summed E-state index contributed by atoms with van der Waals surface area (Å²) in [6.45, 7) is 4.03. The molecule has 0 fully saturated rings. The molecule has 0 amide bonds. The molecule has 0 spiro atoms. The smallest absolute Gasteiger partial charge is 0.237 e. The predicted octanol–water partition coefficient (Wildman–Crippen LogP) is 2.73. The number of aromatic nitrogens is 1. The first-order chi connectivity index (χ1) is 8.63. The standard InChI is InChI=1S/C12H9N5S/c1-7-3-8(2)11-10(4-7)18-12(15-11)17-16-9(5-13)6-14/h3-4H,1-2H3,(H,15,17). The number of hydrogen-bond acceptors (Lipinski definition) is 6. The van der Waals surface area contributed by atoms with Crippen LogP contribution < -0.4 is 5.43 Å². The highest BCUT2D eigenvalue weighted by atomic mass is 32.1. The van der Waals surface area contributed by atoms with Crippen molar-refractivity contribution >= 4 is 32.4 Å². The second kappa shape index (κ2) is 4.82. The van der Waals surface area contributed by atoms with E-state index in [0.717, 1.165) is 15.8 Å². The molecule has 0 atom stereocenters. The Balaban J connectivity index is 2.38. The van der Waals surface area contributed by atoms with Gasteiger partial charge in [-0.2, -0.15) is 15.6 Å². The first-order valence-electron chi connectivity index (χ1n) is 5.15. The van der Waals surface area contributed by atoms with Crippen molar-refractivity contribution in [3.63, 3.8) is 0 Å². The number of thiazole rings is 1. The second-order valence-electron chi connectivity index (χ2n) is 3.74. The number of benzene rings is 1. The summed E-state index contributed by atoms with van der Waals surface area (Å²) in [7, 11) is 0. The summed E-state index contributed by atoms with van der Waals surface area (Å²) in [6.07, 6.45) is 0. The van der Waals surface area contributed by atoms with Crippen LogP contribution in [0.1, 0.15) is 11.1 Å². The van der Waals surface area contributed by atoms with Gasteiger partial charge in [0.05, 0.1) is 10.2 Å². The highest BCUT2D eigenvalue weighted by molar-refractivity contribution is 7.22. The van der Waals surface area contributed by atoms with Gasteiger partial charge in [-0.05, 0) is 31.0 Å². The minimum absolute atomic E-state index is 0.220. The molecular formula is C12H9N5S. The fourth-order valence-electron chi connectivity index (χ4n) is 1.60. The molecule has 1 heterocycles. The minimum Gasteiger partial charge on any atom is -0.251 e. The molecule has 0 aliphatic rings. The summed E-state index contributed by atoms with van der Waals surface area (Å²) < 4.78 is 1.06. The Bertz CT molecular complexity index is 698. The molecule has 18 heavy (non-hydrogen) atoms. The molecule has 0 aliphatic carbocycles. The number of nitrogens with one attached hydrogen (secondary N) is 1. The molecule has 5 nitrogen and oxygen atoms in total. The van der Waals surface area contributed by atoms with E-state index in [1.54, 1.807) is 12.1 Å². The lowest BCUT2D eigenvalue weighted by Gasteiger charge is -1.95. The Hall–Kier alpha value is -2.44. The van der Waals surface area contributed by atoms with E-state index < -0.39 is 0 Å². The van der Waals surface area contributed by atoms with Gasteiger partial charge in [0.2, 0.25) is 10.8 Å². The number of aryl methyl sites for hydroxylation is 2. The van der Waals surface area contributed by atoms with E-state index in [-0.39, 0.29) is 5.71 Å². The lowest BCUT2D eigenvalue weighted by Crippen LogP contribution is -1.95. The van der Waals surface area contributed by atoms with Crippen molar-refractivity contribution in [3.8, 4) is 12.1 Å². The van der Waals surface area contributed by atoms with Crippen LogP contribution in [0.15, 0.2) is 17.2 Å². The van der Waals surface area contributed by atoms with Gasteiger partial charge < -0.3 is 0 Å². The quantitative estimate of drug-likeness (QED) is 0.660. The van der Waals surface area contributed by atoms with E-state index in [2.05, 4.69) is 21.6 Å². The molecule has 0 saturated carbocycles. The van der Waals surface area contributed by atoms with E-state index in [0.29, 0.717) is 5.13 Å². The van der Waals surface area contributed by atoms with Gasteiger partial charge in [-0.25, -0.2) is 4.98 Å². The third kappa shape index (κ3) is 2.29. The fourth-order valence-corrected chi connectivity index (χ4v) is 2.58. The molecule has 0 unspecified atom stereocenters. The van der Waals surface area contributed by atoms with Crippen molar-refractivity contribution in [2.75, 3.05) is 5.43 Å². The molecule has 1 aromatic heterocycles. The number of nitrogens with zero attached hydrogens (tertiary/aromatic N) is 4. The predicted molar refractivity (Wildman–Crippen MR) is 71.4 cm³/mol. The van der Waals surface area contributed by atoms with Gasteiger partial charge in [-0.15, -0.1) is 0 Å². The van der Waals surface area contributed by atoms with Gasteiger partial charge in [0.25, 0.3) is 0 Å². The summed E-state index contributed by atoms with van der Waals surface area (Å²) in [4.78, 5) is 4.38. The summed E-state index contributed by atoms with van der Waals surface area (Å²) in [6, 6.07) is 7.47. The summed E-state index contributed by atoms with van der Waals surface area (Å²) in [5, 5.41) is 21.4. The van der Waals surface area contributed by atoms with Crippen LogP contribution in [0.4, 0.5) is 5.13 Å². The van der Waals surface area contributed by atoms with Crippen molar-refractivity contribution < 1.29 is 0 Å². The maximum Gasteiger partial charge on any atom is 0.237 e. The average molecular weight is 255 g/mol. The molecule has 0 bridgehead atoms. The first-order valence-corrected chi connectivity index (χ1v) is 5.97.